The maximum absolute atomic E-state index is 13.8. The van der Waals surface area contributed by atoms with Crippen LogP contribution in [0.25, 0.3) is 11.1 Å². The molecule has 2 heterocycles. The number of fused-ring (bicyclic) bond motifs is 1. The molecule has 5 nitrogen and oxygen atoms in total. The van der Waals surface area contributed by atoms with Crippen molar-refractivity contribution >= 4 is 38.6 Å². The molecule has 0 unspecified atom stereocenters. The average Bonchev–Trinajstić information content (AvgIpc) is 3.13. The monoisotopic (exact) mass is 445 g/mol. The van der Waals surface area contributed by atoms with E-state index in [2.05, 4.69) is 31.1 Å². The highest BCUT2D eigenvalue weighted by Gasteiger charge is 2.24. The van der Waals surface area contributed by atoms with Gasteiger partial charge in [-0.05, 0) is 56.3 Å². The van der Waals surface area contributed by atoms with E-state index in [4.69, 9.17) is 4.42 Å². The second-order valence-corrected chi connectivity index (χ2v) is 7.97. The number of nitrogens with one attached hydrogen (secondary N) is 1. The van der Waals surface area contributed by atoms with Crippen LogP contribution in [-0.2, 0) is 4.79 Å². The number of hydrogen-bond acceptors (Lipinski definition) is 4. The van der Waals surface area contributed by atoms with Gasteiger partial charge in [-0.15, -0.1) is 0 Å². The number of hydrogen-bond donors (Lipinski definition) is 1. The summed E-state index contributed by atoms with van der Waals surface area (Å²) in [7, 11) is 0. The quantitative estimate of drug-likeness (QED) is 0.604. The second kappa shape index (κ2) is 8.41. The third-order valence-corrected chi connectivity index (χ3v) is 5.60. The lowest BCUT2D eigenvalue weighted by Gasteiger charge is -2.30. The van der Waals surface area contributed by atoms with Crippen LogP contribution in [0.3, 0.4) is 0 Å². The minimum Gasteiger partial charge on any atom is -0.440 e. The first kappa shape index (κ1) is 19.1. The van der Waals surface area contributed by atoms with Gasteiger partial charge in [0, 0.05) is 23.4 Å². The van der Waals surface area contributed by atoms with E-state index < -0.39 is 5.82 Å². The van der Waals surface area contributed by atoms with Crippen LogP contribution in [0.5, 0.6) is 0 Å². The minimum absolute atomic E-state index is 0.178. The van der Waals surface area contributed by atoms with Gasteiger partial charge in [-0.1, -0.05) is 28.1 Å². The Morgan fingerprint density at radius 3 is 2.79 bits per heavy atom. The predicted octanol–water partition coefficient (Wildman–Crippen LogP) is 4.94. The zero-order valence-electron chi connectivity index (χ0n) is 15.3. The summed E-state index contributed by atoms with van der Waals surface area (Å²) in [6, 6.07) is 12.4. The van der Waals surface area contributed by atoms with Crippen LogP contribution in [0.4, 0.5) is 10.1 Å². The second-order valence-electron chi connectivity index (χ2n) is 7.06. The van der Waals surface area contributed by atoms with Gasteiger partial charge in [0.1, 0.15) is 11.3 Å². The zero-order valence-corrected chi connectivity index (χ0v) is 16.9. The molecule has 0 saturated carbocycles. The highest BCUT2D eigenvalue weighted by atomic mass is 79.9. The number of piperidine rings is 1. The number of carbonyl (C=O) groups excluding carboxylic acids is 1. The van der Waals surface area contributed by atoms with Crippen LogP contribution in [0, 0.1) is 5.82 Å². The Bertz CT molecular complexity index is 950. The SMILES string of the molecule is O=C(CCN1CCC(c2nc3ccccc3o2)CC1)Nc1ccc(Br)cc1F. The Labute approximate surface area is 171 Å². The fourth-order valence-electron chi connectivity index (χ4n) is 3.53. The molecule has 0 atom stereocenters. The summed E-state index contributed by atoms with van der Waals surface area (Å²) in [4.78, 5) is 19.0. The maximum Gasteiger partial charge on any atom is 0.225 e. The number of rotatable bonds is 5. The normalized spacial score (nSPS) is 15.8. The lowest BCUT2D eigenvalue weighted by molar-refractivity contribution is -0.116. The number of halogens is 2. The van der Waals surface area contributed by atoms with Crippen molar-refractivity contribution in [2.24, 2.45) is 0 Å². The van der Waals surface area contributed by atoms with Crippen LogP contribution in [0.15, 0.2) is 51.4 Å². The van der Waals surface area contributed by atoms with E-state index in [9.17, 15) is 9.18 Å². The molecule has 1 N–H and O–H groups in total. The fourth-order valence-corrected chi connectivity index (χ4v) is 3.86. The maximum atomic E-state index is 13.8. The summed E-state index contributed by atoms with van der Waals surface area (Å²) in [6.07, 6.45) is 2.24. The van der Waals surface area contributed by atoms with Gasteiger partial charge in [-0.2, -0.15) is 0 Å². The largest absolute Gasteiger partial charge is 0.440 e. The van der Waals surface area contributed by atoms with Crippen molar-refractivity contribution in [1.82, 2.24) is 9.88 Å². The van der Waals surface area contributed by atoms with E-state index in [0.717, 1.165) is 42.9 Å². The Balaban J connectivity index is 1.25. The topological polar surface area (TPSA) is 58.4 Å². The van der Waals surface area contributed by atoms with Crippen molar-refractivity contribution in [1.29, 1.82) is 0 Å². The summed E-state index contributed by atoms with van der Waals surface area (Å²) in [5.41, 5.74) is 1.94. The van der Waals surface area contributed by atoms with Crippen LogP contribution >= 0.6 is 15.9 Å². The van der Waals surface area contributed by atoms with E-state index in [1.165, 1.54) is 6.07 Å². The molecule has 1 aliphatic rings. The molecule has 0 bridgehead atoms. The minimum atomic E-state index is -0.443. The van der Waals surface area contributed by atoms with Gasteiger partial charge >= 0.3 is 0 Å². The van der Waals surface area contributed by atoms with E-state index in [1.54, 1.807) is 12.1 Å². The third-order valence-electron chi connectivity index (χ3n) is 5.11. The molecule has 1 fully saturated rings. The molecular formula is C21H21BrFN3O2. The predicted molar refractivity (Wildman–Crippen MR) is 110 cm³/mol. The van der Waals surface area contributed by atoms with Crippen LogP contribution < -0.4 is 5.32 Å². The molecule has 28 heavy (non-hydrogen) atoms. The first-order chi connectivity index (χ1) is 13.6. The molecule has 0 radical (unpaired) electrons. The van der Waals surface area contributed by atoms with Crippen molar-refractivity contribution in [3.8, 4) is 0 Å². The summed E-state index contributed by atoms with van der Waals surface area (Å²) < 4.78 is 20.4. The molecule has 1 saturated heterocycles. The number of para-hydroxylation sites is 2. The van der Waals surface area contributed by atoms with Crippen LogP contribution in [-0.4, -0.2) is 35.4 Å². The average molecular weight is 446 g/mol. The first-order valence-electron chi connectivity index (χ1n) is 9.41. The van der Waals surface area contributed by atoms with Crippen LogP contribution in [0.1, 0.15) is 31.1 Å². The van der Waals surface area contributed by atoms with Gasteiger partial charge in [0.2, 0.25) is 5.91 Å². The molecule has 3 aromatic rings. The Morgan fingerprint density at radius 2 is 2.04 bits per heavy atom. The zero-order chi connectivity index (χ0) is 19.5. The van der Waals surface area contributed by atoms with Crippen molar-refractivity contribution in [3.05, 3.63) is 58.6 Å². The van der Waals surface area contributed by atoms with Crippen molar-refractivity contribution < 1.29 is 13.6 Å². The molecule has 1 amide bonds. The fraction of sp³-hybridized carbons (Fsp3) is 0.333. The standard InChI is InChI=1S/C21H21BrFN3O2/c22-15-5-6-17(16(23)13-15)24-20(27)9-12-26-10-7-14(8-11-26)21-25-18-3-1-2-4-19(18)28-21/h1-6,13-14H,7-12H2,(H,24,27). The Hall–Kier alpha value is -2.25. The number of oxazole rings is 1. The van der Waals surface area contributed by atoms with Crippen molar-refractivity contribution in [3.63, 3.8) is 0 Å². The van der Waals surface area contributed by atoms with Gasteiger partial charge < -0.3 is 14.6 Å². The van der Waals surface area contributed by atoms with E-state index in [1.807, 2.05) is 24.3 Å². The van der Waals surface area contributed by atoms with Crippen molar-refractivity contribution in [2.75, 3.05) is 25.0 Å². The number of nitrogens with zero attached hydrogens (tertiary/aromatic N) is 2. The molecule has 146 valence electrons. The molecule has 1 aromatic heterocycles. The first-order valence-corrected chi connectivity index (χ1v) is 10.2. The number of likely N-dealkylation sites (tertiary alicyclic amines) is 1. The van der Waals surface area contributed by atoms with Gasteiger partial charge in [0.15, 0.2) is 11.5 Å². The van der Waals surface area contributed by atoms with E-state index in [-0.39, 0.29) is 11.6 Å². The molecule has 0 aliphatic carbocycles. The highest BCUT2D eigenvalue weighted by Crippen LogP contribution is 2.30. The van der Waals surface area contributed by atoms with E-state index in [0.29, 0.717) is 23.4 Å². The molecule has 7 heteroatoms. The number of aromatic nitrogens is 1. The lowest BCUT2D eigenvalue weighted by atomic mass is 9.96. The van der Waals surface area contributed by atoms with Gasteiger partial charge in [0.25, 0.3) is 0 Å². The number of carbonyl (C=O) groups is 1. The molecular weight excluding hydrogens is 425 g/mol. The van der Waals surface area contributed by atoms with Crippen LogP contribution in [0.2, 0.25) is 0 Å². The Kier molecular flexibility index (Phi) is 5.73. The molecule has 1 aliphatic heterocycles. The lowest BCUT2D eigenvalue weighted by Crippen LogP contribution is -2.35. The third kappa shape index (κ3) is 4.42. The molecule has 4 rings (SSSR count). The summed E-state index contributed by atoms with van der Waals surface area (Å²) in [5.74, 6) is 0.503. The number of anilines is 1. The van der Waals surface area contributed by atoms with Crippen molar-refractivity contribution in [2.45, 2.75) is 25.2 Å². The van der Waals surface area contributed by atoms with Gasteiger partial charge in [-0.3, -0.25) is 4.79 Å². The molecule has 0 spiro atoms. The Morgan fingerprint density at radius 1 is 1.25 bits per heavy atom. The summed E-state index contributed by atoms with van der Waals surface area (Å²) in [5, 5.41) is 2.64. The number of benzene rings is 2. The van der Waals surface area contributed by atoms with Gasteiger partial charge in [0.05, 0.1) is 5.69 Å². The molecule has 2 aromatic carbocycles. The highest BCUT2D eigenvalue weighted by molar-refractivity contribution is 9.10. The van der Waals surface area contributed by atoms with Gasteiger partial charge in [-0.25, -0.2) is 9.37 Å². The summed E-state index contributed by atoms with van der Waals surface area (Å²) in [6.45, 7) is 2.44. The number of amides is 1. The summed E-state index contributed by atoms with van der Waals surface area (Å²) >= 11 is 3.21. The smallest absolute Gasteiger partial charge is 0.225 e. The van der Waals surface area contributed by atoms with E-state index >= 15 is 0 Å².